The second kappa shape index (κ2) is 9.15. The lowest BCUT2D eigenvalue weighted by molar-refractivity contribution is -0.139. The Bertz CT molecular complexity index is 1030. The summed E-state index contributed by atoms with van der Waals surface area (Å²) in [6.45, 7) is 1.83. The molecule has 0 aromatic heterocycles. The van der Waals surface area contributed by atoms with E-state index in [-0.39, 0.29) is 12.2 Å². The highest BCUT2D eigenvalue weighted by Crippen LogP contribution is 2.19. The van der Waals surface area contributed by atoms with Crippen molar-refractivity contribution in [1.29, 1.82) is 0 Å². The molecular formula is C24H23NO4. The van der Waals surface area contributed by atoms with E-state index in [9.17, 15) is 19.5 Å². The van der Waals surface area contributed by atoms with Crippen LogP contribution in [0.5, 0.6) is 0 Å². The number of carbonyl (C=O) groups is 3. The summed E-state index contributed by atoms with van der Waals surface area (Å²) in [4.78, 5) is 36.0. The Morgan fingerprint density at radius 3 is 2.24 bits per heavy atom. The van der Waals surface area contributed by atoms with Crippen molar-refractivity contribution in [2.24, 2.45) is 0 Å². The van der Waals surface area contributed by atoms with E-state index < -0.39 is 17.9 Å². The summed E-state index contributed by atoms with van der Waals surface area (Å²) in [6, 6.07) is 19.1. The van der Waals surface area contributed by atoms with Gasteiger partial charge in [-0.25, -0.2) is 4.79 Å². The standard InChI is InChI=1S/C24H23NO4/c1-2-19(26)14-16-10-12-17(13-11-16)15-22(24(28)29)25-23(27)21-9-5-7-18-6-3-4-8-20(18)21/h3-13,22H,2,14-15H2,1H3,(H,25,27)(H,28,29). The first-order chi connectivity index (χ1) is 14.0. The maximum absolute atomic E-state index is 12.8. The highest BCUT2D eigenvalue weighted by atomic mass is 16.4. The Hall–Kier alpha value is -3.47. The molecular weight excluding hydrogens is 366 g/mol. The first-order valence-corrected chi connectivity index (χ1v) is 9.59. The van der Waals surface area contributed by atoms with Crippen LogP contribution in [0.3, 0.4) is 0 Å². The zero-order chi connectivity index (χ0) is 20.8. The molecule has 0 bridgehead atoms. The van der Waals surface area contributed by atoms with E-state index in [1.807, 2.05) is 49.4 Å². The van der Waals surface area contributed by atoms with Crippen molar-refractivity contribution in [1.82, 2.24) is 5.32 Å². The molecule has 0 fully saturated rings. The number of benzene rings is 3. The van der Waals surface area contributed by atoms with Gasteiger partial charge in [0.15, 0.2) is 0 Å². The molecule has 29 heavy (non-hydrogen) atoms. The minimum atomic E-state index is -1.09. The van der Waals surface area contributed by atoms with E-state index in [2.05, 4.69) is 5.32 Å². The number of amides is 1. The Morgan fingerprint density at radius 2 is 1.55 bits per heavy atom. The van der Waals surface area contributed by atoms with Crippen molar-refractivity contribution in [2.45, 2.75) is 32.2 Å². The van der Waals surface area contributed by atoms with Gasteiger partial charge >= 0.3 is 5.97 Å². The van der Waals surface area contributed by atoms with Crippen LogP contribution in [0.4, 0.5) is 0 Å². The second-order valence-electron chi connectivity index (χ2n) is 6.98. The predicted molar refractivity (Wildman–Crippen MR) is 112 cm³/mol. The molecule has 0 aliphatic heterocycles. The van der Waals surface area contributed by atoms with Crippen LogP contribution in [-0.2, 0) is 22.4 Å². The van der Waals surface area contributed by atoms with Gasteiger partial charge in [-0.15, -0.1) is 0 Å². The molecule has 3 rings (SSSR count). The first kappa shape index (κ1) is 20.3. The Labute approximate surface area is 169 Å². The summed E-state index contributed by atoms with van der Waals surface area (Å²) in [5.41, 5.74) is 2.12. The highest BCUT2D eigenvalue weighted by molar-refractivity contribution is 6.07. The summed E-state index contributed by atoms with van der Waals surface area (Å²) in [5, 5.41) is 13.9. The molecule has 3 aromatic rings. The number of hydrogen-bond donors (Lipinski definition) is 2. The van der Waals surface area contributed by atoms with Gasteiger partial charge < -0.3 is 10.4 Å². The number of nitrogens with one attached hydrogen (secondary N) is 1. The first-order valence-electron chi connectivity index (χ1n) is 9.59. The fourth-order valence-electron chi connectivity index (χ4n) is 3.24. The van der Waals surface area contributed by atoms with Gasteiger partial charge in [0.1, 0.15) is 11.8 Å². The molecule has 5 nitrogen and oxygen atoms in total. The number of ketones is 1. The molecule has 5 heteroatoms. The largest absolute Gasteiger partial charge is 0.480 e. The second-order valence-corrected chi connectivity index (χ2v) is 6.98. The van der Waals surface area contributed by atoms with E-state index in [1.165, 1.54) is 0 Å². The van der Waals surface area contributed by atoms with Crippen molar-refractivity contribution in [3.05, 3.63) is 83.4 Å². The fourth-order valence-corrected chi connectivity index (χ4v) is 3.24. The summed E-state index contributed by atoms with van der Waals surface area (Å²) >= 11 is 0. The number of aliphatic carboxylic acids is 1. The van der Waals surface area contributed by atoms with E-state index in [4.69, 9.17) is 0 Å². The van der Waals surface area contributed by atoms with Crippen LogP contribution in [0, 0.1) is 0 Å². The molecule has 1 unspecified atom stereocenters. The lowest BCUT2D eigenvalue weighted by Crippen LogP contribution is -2.42. The lowest BCUT2D eigenvalue weighted by atomic mass is 10.0. The minimum Gasteiger partial charge on any atom is -0.480 e. The van der Waals surface area contributed by atoms with Crippen LogP contribution in [0.2, 0.25) is 0 Å². The van der Waals surface area contributed by atoms with E-state index >= 15 is 0 Å². The molecule has 0 saturated heterocycles. The van der Waals surface area contributed by atoms with Crippen molar-refractivity contribution in [3.63, 3.8) is 0 Å². The molecule has 148 valence electrons. The van der Waals surface area contributed by atoms with Crippen LogP contribution >= 0.6 is 0 Å². The van der Waals surface area contributed by atoms with E-state index in [1.54, 1.807) is 24.3 Å². The van der Waals surface area contributed by atoms with Crippen LogP contribution in [0.1, 0.15) is 34.8 Å². The SMILES string of the molecule is CCC(=O)Cc1ccc(CC(NC(=O)c2cccc3ccccc23)C(=O)O)cc1. The number of carboxylic acids is 1. The highest BCUT2D eigenvalue weighted by Gasteiger charge is 2.22. The molecule has 1 amide bonds. The zero-order valence-corrected chi connectivity index (χ0v) is 16.2. The third-order valence-electron chi connectivity index (χ3n) is 4.90. The zero-order valence-electron chi connectivity index (χ0n) is 16.2. The number of carboxylic acid groups (broad SMARTS) is 1. The number of rotatable bonds is 8. The van der Waals surface area contributed by atoms with Crippen LogP contribution in [0.25, 0.3) is 10.8 Å². The van der Waals surface area contributed by atoms with Gasteiger partial charge in [-0.3, -0.25) is 9.59 Å². The van der Waals surface area contributed by atoms with Gasteiger partial charge in [-0.05, 0) is 28.0 Å². The van der Waals surface area contributed by atoms with Gasteiger partial charge in [0.05, 0.1) is 0 Å². The molecule has 0 spiro atoms. The molecule has 0 saturated carbocycles. The Balaban J connectivity index is 1.74. The van der Waals surface area contributed by atoms with Crippen molar-refractivity contribution in [2.75, 3.05) is 0 Å². The normalized spacial score (nSPS) is 11.8. The van der Waals surface area contributed by atoms with Crippen LogP contribution in [0.15, 0.2) is 66.7 Å². The lowest BCUT2D eigenvalue weighted by Gasteiger charge is -2.16. The third-order valence-corrected chi connectivity index (χ3v) is 4.90. The third kappa shape index (κ3) is 5.08. The average Bonchev–Trinajstić information content (AvgIpc) is 2.73. The molecule has 0 radical (unpaired) electrons. The number of carbonyl (C=O) groups excluding carboxylic acids is 2. The maximum Gasteiger partial charge on any atom is 0.326 e. The molecule has 0 heterocycles. The topological polar surface area (TPSA) is 83.5 Å². The quantitative estimate of drug-likeness (QED) is 0.614. The van der Waals surface area contributed by atoms with E-state index in [0.29, 0.717) is 18.4 Å². The van der Waals surface area contributed by atoms with Gasteiger partial charge in [0.2, 0.25) is 0 Å². The van der Waals surface area contributed by atoms with Gasteiger partial charge in [-0.1, -0.05) is 67.6 Å². The van der Waals surface area contributed by atoms with Gasteiger partial charge in [-0.2, -0.15) is 0 Å². The Kier molecular flexibility index (Phi) is 6.39. The monoisotopic (exact) mass is 389 g/mol. The molecule has 1 atom stereocenters. The number of hydrogen-bond acceptors (Lipinski definition) is 3. The van der Waals surface area contributed by atoms with Gasteiger partial charge in [0, 0.05) is 24.8 Å². The smallest absolute Gasteiger partial charge is 0.326 e. The molecule has 0 aliphatic carbocycles. The van der Waals surface area contributed by atoms with Gasteiger partial charge in [0.25, 0.3) is 5.91 Å². The van der Waals surface area contributed by atoms with Crippen molar-refractivity contribution >= 4 is 28.4 Å². The van der Waals surface area contributed by atoms with Crippen molar-refractivity contribution < 1.29 is 19.5 Å². The molecule has 3 aromatic carbocycles. The summed E-state index contributed by atoms with van der Waals surface area (Å²) in [5.74, 6) is -1.35. The van der Waals surface area contributed by atoms with Crippen LogP contribution in [-0.4, -0.2) is 28.8 Å². The molecule has 2 N–H and O–H groups in total. The van der Waals surface area contributed by atoms with Crippen LogP contribution < -0.4 is 5.32 Å². The predicted octanol–water partition coefficient (Wildman–Crippen LogP) is 3.79. The summed E-state index contributed by atoms with van der Waals surface area (Å²) in [6.07, 6.45) is 1.02. The summed E-state index contributed by atoms with van der Waals surface area (Å²) in [7, 11) is 0. The van der Waals surface area contributed by atoms with Crippen molar-refractivity contribution in [3.8, 4) is 0 Å². The Morgan fingerprint density at radius 1 is 0.897 bits per heavy atom. The fraction of sp³-hybridized carbons (Fsp3) is 0.208. The number of fused-ring (bicyclic) bond motifs is 1. The average molecular weight is 389 g/mol. The minimum absolute atomic E-state index is 0.156. The number of Topliss-reactive ketones (excluding diaryl/α,β-unsaturated/α-hetero) is 1. The maximum atomic E-state index is 12.8. The summed E-state index contributed by atoms with van der Waals surface area (Å²) < 4.78 is 0. The molecule has 0 aliphatic rings. The van der Waals surface area contributed by atoms with E-state index in [0.717, 1.165) is 21.9 Å².